The molecule has 3 aliphatic rings. The Morgan fingerprint density at radius 1 is 1.15 bits per heavy atom. The first-order chi connectivity index (χ1) is 9.90. The van der Waals surface area contributed by atoms with E-state index in [0.717, 1.165) is 19.6 Å². The van der Waals surface area contributed by atoms with Gasteiger partial charge in [0.2, 0.25) is 0 Å². The molecule has 0 aliphatic carbocycles. The van der Waals surface area contributed by atoms with E-state index < -0.39 is 0 Å². The Kier molecular flexibility index (Phi) is 1.82. The predicted octanol–water partition coefficient (Wildman–Crippen LogP) is 1.61. The maximum absolute atomic E-state index is 2.43. The molecule has 3 aliphatic heterocycles. The summed E-state index contributed by atoms with van der Waals surface area (Å²) in [5.41, 5.74) is 4.01. The number of hydrogen-bond acceptors (Lipinski definition) is 2. The summed E-state index contributed by atoms with van der Waals surface area (Å²) in [5, 5.41) is 0. The van der Waals surface area contributed by atoms with Gasteiger partial charge in [-0.1, -0.05) is 18.2 Å². The summed E-state index contributed by atoms with van der Waals surface area (Å²) in [6.07, 6.45) is 13.2. The number of fused-ring (bicyclic) bond motifs is 6. The highest BCUT2D eigenvalue weighted by Gasteiger charge is 2.35. The van der Waals surface area contributed by atoms with Crippen LogP contribution < -0.4 is 4.40 Å². The first kappa shape index (κ1) is 10.3. The lowest BCUT2D eigenvalue weighted by atomic mass is 10.2. The average Bonchev–Trinajstić information content (AvgIpc) is 3.02. The molecule has 0 saturated heterocycles. The van der Waals surface area contributed by atoms with E-state index in [4.69, 9.17) is 0 Å². The summed E-state index contributed by atoms with van der Waals surface area (Å²) in [6.45, 7) is 2.88. The summed E-state index contributed by atoms with van der Waals surface area (Å²) in [4.78, 5) is 4.76. The van der Waals surface area contributed by atoms with Gasteiger partial charge in [-0.25, -0.2) is 8.97 Å². The lowest BCUT2D eigenvalue weighted by Crippen LogP contribution is -2.31. The van der Waals surface area contributed by atoms with Gasteiger partial charge in [0.1, 0.15) is 18.6 Å². The van der Waals surface area contributed by atoms with Gasteiger partial charge in [-0.05, 0) is 12.1 Å². The Balaban J connectivity index is 1.66. The van der Waals surface area contributed by atoms with Crippen LogP contribution >= 0.6 is 0 Å². The molecule has 0 amide bonds. The Morgan fingerprint density at radius 2 is 2.15 bits per heavy atom. The minimum Gasteiger partial charge on any atom is -0.329 e. The predicted molar refractivity (Wildman–Crippen MR) is 75.1 cm³/mol. The van der Waals surface area contributed by atoms with Gasteiger partial charge in [0.25, 0.3) is 5.65 Å². The van der Waals surface area contributed by atoms with Crippen molar-refractivity contribution in [1.82, 2.24) is 14.4 Å². The molecule has 0 N–H and O–H groups in total. The molecule has 5 rings (SSSR count). The summed E-state index contributed by atoms with van der Waals surface area (Å²) < 4.78 is 4.62. The van der Waals surface area contributed by atoms with Crippen LogP contribution in [0.25, 0.3) is 5.65 Å². The third-order valence-electron chi connectivity index (χ3n) is 4.33. The Morgan fingerprint density at radius 3 is 3.15 bits per heavy atom. The molecular formula is C16H15N4+. The topological polar surface area (TPSA) is 15.5 Å². The van der Waals surface area contributed by atoms with E-state index in [0.29, 0.717) is 0 Å². The molecule has 2 aromatic rings. The number of imidazole rings is 1. The van der Waals surface area contributed by atoms with Crippen LogP contribution in [0.15, 0.2) is 66.5 Å². The fourth-order valence-corrected chi connectivity index (χ4v) is 3.38. The fourth-order valence-electron chi connectivity index (χ4n) is 3.38. The normalized spacial score (nSPS) is 19.6. The highest BCUT2D eigenvalue weighted by molar-refractivity contribution is 5.38. The van der Waals surface area contributed by atoms with Crippen molar-refractivity contribution in [3.05, 3.63) is 72.2 Å². The Hall–Kier alpha value is -2.49. The Labute approximate surface area is 117 Å². The van der Waals surface area contributed by atoms with Crippen LogP contribution in [0.4, 0.5) is 0 Å². The van der Waals surface area contributed by atoms with Crippen molar-refractivity contribution in [2.24, 2.45) is 0 Å². The molecule has 0 spiro atoms. The molecule has 98 valence electrons. The van der Waals surface area contributed by atoms with E-state index in [1.165, 1.54) is 22.9 Å². The summed E-state index contributed by atoms with van der Waals surface area (Å²) >= 11 is 0. The zero-order chi connectivity index (χ0) is 13.1. The van der Waals surface area contributed by atoms with E-state index in [9.17, 15) is 0 Å². The van der Waals surface area contributed by atoms with Crippen LogP contribution in [0.2, 0.25) is 0 Å². The lowest BCUT2D eigenvalue weighted by molar-refractivity contribution is -0.510. The summed E-state index contributed by atoms with van der Waals surface area (Å²) in [7, 11) is 0. The third-order valence-corrected chi connectivity index (χ3v) is 4.33. The fraction of sp³-hybridized carbons (Fsp3) is 0.188. The number of hydrogen-bond donors (Lipinski definition) is 0. The molecule has 2 aromatic heterocycles. The van der Waals surface area contributed by atoms with Gasteiger partial charge in [0.05, 0.1) is 18.4 Å². The van der Waals surface area contributed by atoms with Gasteiger partial charge in [-0.2, -0.15) is 0 Å². The quantitative estimate of drug-likeness (QED) is 0.671. The molecule has 0 aromatic carbocycles. The van der Waals surface area contributed by atoms with E-state index >= 15 is 0 Å². The molecule has 0 saturated carbocycles. The molecule has 4 nitrogen and oxygen atoms in total. The van der Waals surface area contributed by atoms with Gasteiger partial charge in [0, 0.05) is 18.8 Å². The smallest absolute Gasteiger partial charge is 0.286 e. The minimum atomic E-state index is 0.948. The van der Waals surface area contributed by atoms with Gasteiger partial charge < -0.3 is 9.80 Å². The van der Waals surface area contributed by atoms with Gasteiger partial charge >= 0.3 is 0 Å². The first-order valence-corrected chi connectivity index (χ1v) is 7.00. The number of rotatable bonds is 0. The number of pyridine rings is 1. The number of aromatic nitrogens is 2. The molecule has 0 fully saturated rings. The highest BCUT2D eigenvalue weighted by atomic mass is 15.4. The number of nitrogens with zero attached hydrogens (tertiary/aromatic N) is 4. The third kappa shape index (κ3) is 1.23. The highest BCUT2D eigenvalue weighted by Crippen LogP contribution is 2.34. The largest absolute Gasteiger partial charge is 0.329 e. The molecule has 0 atom stereocenters. The Bertz CT molecular complexity index is 809. The molecule has 4 heteroatoms. The van der Waals surface area contributed by atoms with Crippen molar-refractivity contribution in [1.29, 1.82) is 0 Å². The van der Waals surface area contributed by atoms with Crippen molar-refractivity contribution in [3.63, 3.8) is 0 Å². The van der Waals surface area contributed by atoms with Crippen LogP contribution in [0.3, 0.4) is 0 Å². The van der Waals surface area contributed by atoms with Crippen LogP contribution in [0, 0.1) is 0 Å². The number of allylic oxidation sites excluding steroid dienone is 3. The van der Waals surface area contributed by atoms with Crippen molar-refractivity contribution in [3.8, 4) is 0 Å². The van der Waals surface area contributed by atoms with Crippen LogP contribution in [0.5, 0.6) is 0 Å². The van der Waals surface area contributed by atoms with E-state index in [1.54, 1.807) is 0 Å². The minimum absolute atomic E-state index is 0.948. The lowest BCUT2D eigenvalue weighted by Gasteiger charge is -2.29. The monoisotopic (exact) mass is 263 g/mol. The molecule has 0 radical (unpaired) electrons. The van der Waals surface area contributed by atoms with Crippen LogP contribution in [-0.4, -0.2) is 20.9 Å². The summed E-state index contributed by atoms with van der Waals surface area (Å²) in [6, 6.07) is 6.37. The van der Waals surface area contributed by atoms with Crippen LogP contribution in [0.1, 0.15) is 5.69 Å². The van der Waals surface area contributed by atoms with Crippen LogP contribution in [-0.2, 0) is 13.1 Å². The second-order valence-corrected chi connectivity index (χ2v) is 5.48. The maximum atomic E-state index is 2.43. The zero-order valence-corrected chi connectivity index (χ0v) is 11.1. The van der Waals surface area contributed by atoms with Gasteiger partial charge in [0.15, 0.2) is 5.69 Å². The molecule has 5 heterocycles. The molecular weight excluding hydrogens is 248 g/mol. The SMILES string of the molecule is C1=CCN2C=C3Cn4c(c[n+]5ccccc45)CN3C2=C1. The molecule has 0 bridgehead atoms. The van der Waals surface area contributed by atoms with E-state index in [1.807, 2.05) is 0 Å². The standard InChI is InChI=1S/C16H15N4/c1-3-7-17-9-13-12-20-14(11-19(13)15(17)5-1)10-18-8-4-2-6-16(18)20/h1-7,9-10H,8,11-12H2/q+1. The second kappa shape index (κ2) is 3.54. The van der Waals surface area contributed by atoms with Gasteiger partial charge in [-0.3, -0.25) is 0 Å². The van der Waals surface area contributed by atoms with E-state index in [2.05, 4.69) is 73.8 Å². The zero-order valence-electron chi connectivity index (χ0n) is 11.1. The van der Waals surface area contributed by atoms with E-state index in [-0.39, 0.29) is 0 Å². The van der Waals surface area contributed by atoms with Crippen molar-refractivity contribution in [2.75, 3.05) is 6.54 Å². The molecule has 20 heavy (non-hydrogen) atoms. The van der Waals surface area contributed by atoms with Crippen molar-refractivity contribution in [2.45, 2.75) is 13.1 Å². The van der Waals surface area contributed by atoms with Crippen molar-refractivity contribution >= 4 is 5.65 Å². The van der Waals surface area contributed by atoms with Crippen molar-refractivity contribution < 1.29 is 4.40 Å². The molecule has 0 unspecified atom stereocenters. The second-order valence-electron chi connectivity index (χ2n) is 5.48. The maximum Gasteiger partial charge on any atom is 0.286 e. The summed E-state index contributed by atoms with van der Waals surface area (Å²) in [5.74, 6) is 1.31. The first-order valence-electron chi connectivity index (χ1n) is 7.00. The van der Waals surface area contributed by atoms with Gasteiger partial charge in [-0.15, -0.1) is 0 Å². The average molecular weight is 263 g/mol.